The number of fused-ring (bicyclic) bond motifs is 6. The van der Waals surface area contributed by atoms with E-state index in [2.05, 4.69) is 166 Å². The van der Waals surface area contributed by atoms with E-state index in [0.29, 0.717) is 24.3 Å². The molecule has 0 bridgehead atoms. The first-order valence-corrected chi connectivity index (χ1v) is 24.1. The van der Waals surface area contributed by atoms with Crippen LogP contribution in [0.4, 0.5) is 0 Å². The van der Waals surface area contributed by atoms with Crippen molar-refractivity contribution in [3.63, 3.8) is 0 Å². The minimum atomic E-state index is -2.03. The summed E-state index contributed by atoms with van der Waals surface area (Å²) in [4.78, 5) is 0. The van der Waals surface area contributed by atoms with Gasteiger partial charge in [-0.15, -0.1) is 0 Å². The van der Waals surface area contributed by atoms with Crippen LogP contribution in [0.15, 0.2) is 109 Å². The molecule has 2 unspecified atom stereocenters. The lowest BCUT2D eigenvalue weighted by Gasteiger charge is -2.29. The van der Waals surface area contributed by atoms with Crippen LogP contribution in [0.3, 0.4) is 0 Å². The van der Waals surface area contributed by atoms with Crippen LogP contribution in [0.1, 0.15) is 77.9 Å². The molecule has 6 nitrogen and oxygen atoms in total. The van der Waals surface area contributed by atoms with Gasteiger partial charge in [-0.1, -0.05) is 97.1 Å². The van der Waals surface area contributed by atoms with Crippen LogP contribution in [-0.4, -0.2) is 0 Å². The van der Waals surface area contributed by atoms with Crippen molar-refractivity contribution in [2.75, 3.05) is 0 Å². The van der Waals surface area contributed by atoms with E-state index in [1.807, 2.05) is 12.1 Å². The van der Waals surface area contributed by atoms with Crippen molar-refractivity contribution in [3.8, 4) is 45.6 Å². The number of aryl methyl sites for hydroxylation is 8. The summed E-state index contributed by atoms with van der Waals surface area (Å²) in [5.41, 5.74) is 17.5. The van der Waals surface area contributed by atoms with Gasteiger partial charge in [0.2, 0.25) is 0 Å². The van der Waals surface area contributed by atoms with Crippen LogP contribution in [0.25, 0.3) is 32.7 Å². The Labute approximate surface area is 379 Å². The van der Waals surface area contributed by atoms with Gasteiger partial charge >= 0.3 is 17.2 Å². The van der Waals surface area contributed by atoms with Gasteiger partial charge in [0.1, 0.15) is 34.5 Å². The monoisotopic (exact) mass is 882 g/mol. The highest BCUT2D eigenvalue weighted by molar-refractivity contribution is 7.43. The summed E-state index contributed by atoms with van der Waals surface area (Å²) >= 11 is 0. The van der Waals surface area contributed by atoms with E-state index < -0.39 is 17.2 Å². The van der Waals surface area contributed by atoms with E-state index in [0.717, 1.165) is 111 Å². The Hall–Kier alpha value is -6.06. The van der Waals surface area contributed by atoms with Gasteiger partial charge in [0.15, 0.2) is 0 Å². The number of hydrogen-bond donors (Lipinski definition) is 0. The molecule has 322 valence electrons. The van der Waals surface area contributed by atoms with E-state index in [-0.39, 0.29) is 0 Å². The molecule has 64 heavy (non-hydrogen) atoms. The van der Waals surface area contributed by atoms with Gasteiger partial charge in [0.25, 0.3) is 0 Å². The molecule has 8 aromatic rings. The molecule has 2 aliphatic rings. The second kappa shape index (κ2) is 16.5. The number of hydrogen-bond acceptors (Lipinski definition) is 6. The van der Waals surface area contributed by atoms with Crippen LogP contribution in [-0.2, 0) is 12.8 Å². The Morgan fingerprint density at radius 1 is 0.359 bits per heavy atom. The molecular weight excluding hydrogens is 831 g/mol. The first-order valence-electron chi connectivity index (χ1n) is 21.9. The SMILES string of the molecule is Cc1cc(C)c2c(c1C)OP(Oc1ccc3ccccc3c1-c1c(OP3Oc4c(C)ccc(C)c4Cc4c(C)cc(C)c(C)c4O3)ccc3ccccc13)Oc1c(C)ccc(C)c1C2. The summed E-state index contributed by atoms with van der Waals surface area (Å²) in [6.45, 7) is 21.3. The highest BCUT2D eigenvalue weighted by Gasteiger charge is 2.34. The average Bonchev–Trinajstić information content (AvgIpc) is 3.26. The van der Waals surface area contributed by atoms with Crippen molar-refractivity contribution in [2.24, 2.45) is 0 Å². The molecular formula is C56H52O6P2. The maximum Gasteiger partial charge on any atom is 0.530 e. The summed E-state index contributed by atoms with van der Waals surface area (Å²) in [6.07, 6.45) is 1.40. The van der Waals surface area contributed by atoms with E-state index in [9.17, 15) is 0 Å². The molecule has 0 aromatic heterocycles. The molecule has 0 N–H and O–H groups in total. The van der Waals surface area contributed by atoms with Gasteiger partial charge in [0.05, 0.1) is 0 Å². The smallest absolute Gasteiger partial charge is 0.408 e. The van der Waals surface area contributed by atoms with Crippen LogP contribution in [0.2, 0.25) is 0 Å². The fourth-order valence-corrected chi connectivity index (χ4v) is 11.8. The van der Waals surface area contributed by atoms with E-state index in [4.69, 9.17) is 27.1 Å². The predicted octanol–water partition coefficient (Wildman–Crippen LogP) is 16.1. The third-order valence-corrected chi connectivity index (χ3v) is 15.4. The summed E-state index contributed by atoms with van der Waals surface area (Å²) in [7, 11) is -4.07. The standard InChI is InChI=1S/C56H52O6P2/c1-31-19-21-33(3)53-45(31)29-47-37(7)27-35(5)39(9)55(47)61-63(59-53)57-49-25-23-41-15-11-13-17-43(41)51(49)52-44-18-14-12-16-42(44)24-26-50(52)58-64-60-54-34(4)22-20-32(2)46(54)30-48-38(8)28-36(6)40(10)56(48)62-64/h11-28H,29-30H2,1-10H3. The largest absolute Gasteiger partial charge is 0.530 e. The summed E-state index contributed by atoms with van der Waals surface area (Å²) in [6, 6.07) is 38.2. The zero-order valence-electron chi connectivity index (χ0n) is 38.2. The number of rotatable bonds is 5. The third-order valence-electron chi connectivity index (χ3n) is 13.4. The minimum absolute atomic E-state index is 0.610. The Bertz CT molecular complexity index is 2990. The first-order chi connectivity index (χ1) is 30.8. The zero-order chi connectivity index (χ0) is 44.6. The van der Waals surface area contributed by atoms with Crippen molar-refractivity contribution >= 4 is 38.7 Å². The zero-order valence-corrected chi connectivity index (χ0v) is 39.9. The molecule has 8 aromatic carbocycles. The van der Waals surface area contributed by atoms with Gasteiger partial charge in [-0.05, 0) is 159 Å². The van der Waals surface area contributed by atoms with Crippen molar-refractivity contribution < 1.29 is 27.1 Å². The Kier molecular flexibility index (Phi) is 10.8. The van der Waals surface area contributed by atoms with Crippen molar-refractivity contribution in [3.05, 3.63) is 187 Å². The van der Waals surface area contributed by atoms with Crippen LogP contribution in [0, 0.1) is 69.2 Å². The second-order valence-electron chi connectivity index (χ2n) is 17.6. The molecule has 0 fully saturated rings. The second-order valence-corrected chi connectivity index (χ2v) is 19.6. The lowest BCUT2D eigenvalue weighted by molar-refractivity contribution is 0.376. The highest BCUT2D eigenvalue weighted by Crippen LogP contribution is 2.56. The van der Waals surface area contributed by atoms with Gasteiger partial charge in [0, 0.05) is 46.2 Å². The van der Waals surface area contributed by atoms with Gasteiger partial charge < -0.3 is 27.1 Å². The molecule has 0 aliphatic carbocycles. The molecule has 0 saturated heterocycles. The van der Waals surface area contributed by atoms with Gasteiger partial charge in [-0.3, -0.25) is 0 Å². The Morgan fingerprint density at radius 3 is 1.14 bits per heavy atom. The molecule has 0 amide bonds. The molecule has 2 aliphatic heterocycles. The first kappa shape index (κ1) is 41.9. The Balaban J connectivity index is 1.17. The van der Waals surface area contributed by atoms with Crippen LogP contribution in [0.5, 0.6) is 34.5 Å². The fourth-order valence-electron chi connectivity index (χ4n) is 9.37. The maximum absolute atomic E-state index is 7.23. The quantitative estimate of drug-likeness (QED) is 0.161. The third kappa shape index (κ3) is 7.31. The lowest BCUT2D eigenvalue weighted by atomic mass is 9.91. The highest BCUT2D eigenvalue weighted by atomic mass is 31.2. The topological polar surface area (TPSA) is 55.4 Å². The van der Waals surface area contributed by atoms with Crippen LogP contribution < -0.4 is 27.1 Å². The average molecular weight is 883 g/mol. The molecule has 0 saturated carbocycles. The van der Waals surface area contributed by atoms with Crippen molar-refractivity contribution in [1.29, 1.82) is 0 Å². The van der Waals surface area contributed by atoms with Crippen LogP contribution >= 0.6 is 17.2 Å². The Morgan fingerprint density at radius 2 is 0.719 bits per heavy atom. The molecule has 2 heterocycles. The summed E-state index contributed by atoms with van der Waals surface area (Å²) in [5, 5.41) is 4.10. The number of benzene rings is 8. The molecule has 8 heteroatoms. The molecule has 0 radical (unpaired) electrons. The molecule has 2 atom stereocenters. The predicted molar refractivity (Wildman–Crippen MR) is 263 cm³/mol. The van der Waals surface area contributed by atoms with E-state index in [1.165, 1.54) is 22.3 Å². The molecule has 10 rings (SSSR count). The maximum atomic E-state index is 7.23. The van der Waals surface area contributed by atoms with E-state index >= 15 is 0 Å². The van der Waals surface area contributed by atoms with Gasteiger partial charge in [-0.25, -0.2) is 0 Å². The minimum Gasteiger partial charge on any atom is -0.408 e. The van der Waals surface area contributed by atoms with Gasteiger partial charge in [-0.2, -0.15) is 0 Å². The molecule has 0 spiro atoms. The normalized spacial score (nSPS) is 15.4. The van der Waals surface area contributed by atoms with Crippen molar-refractivity contribution in [2.45, 2.75) is 82.1 Å². The fraction of sp³-hybridized carbons (Fsp3) is 0.214. The summed E-state index contributed by atoms with van der Waals surface area (Å²) in [5.74, 6) is 4.47. The van der Waals surface area contributed by atoms with Crippen molar-refractivity contribution in [1.82, 2.24) is 0 Å². The lowest BCUT2D eigenvalue weighted by Crippen LogP contribution is -2.13. The summed E-state index contributed by atoms with van der Waals surface area (Å²) < 4.78 is 42.5. The van der Waals surface area contributed by atoms with E-state index in [1.54, 1.807) is 0 Å².